The van der Waals surface area contributed by atoms with E-state index in [9.17, 15) is 0 Å². The molecule has 1 N–H and O–H groups in total. The number of benzene rings is 2. The van der Waals surface area contributed by atoms with Crippen molar-refractivity contribution in [1.29, 1.82) is 0 Å². The van der Waals surface area contributed by atoms with E-state index in [4.69, 9.17) is 4.98 Å². The van der Waals surface area contributed by atoms with Gasteiger partial charge >= 0.3 is 0 Å². The number of nitrogens with zero attached hydrogens (tertiary/aromatic N) is 3. The van der Waals surface area contributed by atoms with Crippen molar-refractivity contribution in [3.8, 4) is 5.69 Å². The summed E-state index contributed by atoms with van der Waals surface area (Å²) >= 11 is 0. The van der Waals surface area contributed by atoms with Crippen LogP contribution >= 0.6 is 0 Å². The zero-order chi connectivity index (χ0) is 17.1. The van der Waals surface area contributed by atoms with Crippen molar-refractivity contribution < 1.29 is 0 Å². The van der Waals surface area contributed by atoms with Gasteiger partial charge in [-0.25, -0.2) is 4.68 Å². The summed E-state index contributed by atoms with van der Waals surface area (Å²) in [4.78, 5) is 4.76. The maximum Gasteiger partial charge on any atom is 0.0706 e. The summed E-state index contributed by atoms with van der Waals surface area (Å²) in [6, 6.07) is 23.0. The minimum Gasteiger partial charge on any atom is -0.305 e. The van der Waals surface area contributed by atoms with Crippen LogP contribution in [0.15, 0.2) is 79.1 Å². The molecule has 4 rings (SSSR count). The molecule has 0 aliphatic heterocycles. The molecule has 124 valence electrons. The van der Waals surface area contributed by atoms with Crippen molar-refractivity contribution in [1.82, 2.24) is 20.1 Å². The van der Waals surface area contributed by atoms with Gasteiger partial charge in [-0.1, -0.05) is 36.4 Å². The van der Waals surface area contributed by atoms with E-state index in [0.29, 0.717) is 0 Å². The lowest BCUT2D eigenvalue weighted by molar-refractivity contribution is 0.563. The van der Waals surface area contributed by atoms with Crippen LogP contribution in [0.1, 0.15) is 24.2 Å². The van der Waals surface area contributed by atoms with Gasteiger partial charge in [-0.3, -0.25) is 4.98 Å². The maximum atomic E-state index is 4.76. The smallest absolute Gasteiger partial charge is 0.0706 e. The quantitative estimate of drug-likeness (QED) is 0.595. The highest BCUT2D eigenvalue weighted by Gasteiger charge is 2.07. The Bertz CT molecular complexity index is 959. The number of aromatic nitrogens is 3. The molecule has 4 heteroatoms. The Balaban J connectivity index is 1.43. The molecule has 25 heavy (non-hydrogen) atoms. The normalized spacial score (nSPS) is 12.4. The number of pyridine rings is 1. The highest BCUT2D eigenvalue weighted by atomic mass is 15.3. The fraction of sp³-hybridized carbons (Fsp3) is 0.143. The molecule has 0 saturated heterocycles. The second-order valence-electron chi connectivity index (χ2n) is 6.15. The molecule has 0 aliphatic carbocycles. The SMILES string of the molecule is CC(NCc1ccc(-n2cccn2)cc1)c1ccc2ccccc2n1. The first-order valence-electron chi connectivity index (χ1n) is 8.48. The van der Waals surface area contributed by atoms with Gasteiger partial charge in [0.05, 0.1) is 16.9 Å². The first-order chi connectivity index (χ1) is 12.3. The van der Waals surface area contributed by atoms with Gasteiger partial charge in [0.15, 0.2) is 0 Å². The molecule has 2 aromatic heterocycles. The number of fused-ring (bicyclic) bond motifs is 1. The molecule has 1 unspecified atom stereocenters. The average Bonchev–Trinajstić information content (AvgIpc) is 3.21. The monoisotopic (exact) mass is 328 g/mol. The summed E-state index contributed by atoms with van der Waals surface area (Å²) in [5, 5.41) is 8.97. The van der Waals surface area contributed by atoms with Crippen LogP contribution in [0.4, 0.5) is 0 Å². The molecule has 4 aromatic rings. The Hall–Kier alpha value is -2.98. The predicted octanol–water partition coefficient (Wildman–Crippen LogP) is 4.27. The second kappa shape index (κ2) is 6.87. The fourth-order valence-electron chi connectivity index (χ4n) is 2.89. The van der Waals surface area contributed by atoms with E-state index in [1.807, 2.05) is 29.1 Å². The van der Waals surface area contributed by atoms with Crippen LogP contribution in [-0.2, 0) is 6.54 Å². The van der Waals surface area contributed by atoms with Crippen molar-refractivity contribution in [3.05, 3.63) is 90.4 Å². The molecule has 2 heterocycles. The van der Waals surface area contributed by atoms with Gasteiger partial charge in [-0.2, -0.15) is 5.10 Å². The van der Waals surface area contributed by atoms with Crippen LogP contribution in [0.3, 0.4) is 0 Å². The Labute approximate surface area is 147 Å². The van der Waals surface area contributed by atoms with Crippen molar-refractivity contribution in [3.63, 3.8) is 0 Å². The Morgan fingerprint density at radius 2 is 1.80 bits per heavy atom. The third-order valence-electron chi connectivity index (χ3n) is 4.38. The number of rotatable bonds is 5. The third-order valence-corrected chi connectivity index (χ3v) is 4.38. The molecule has 0 radical (unpaired) electrons. The van der Waals surface area contributed by atoms with E-state index in [1.165, 1.54) is 10.9 Å². The van der Waals surface area contributed by atoms with E-state index in [0.717, 1.165) is 23.4 Å². The van der Waals surface area contributed by atoms with Gasteiger partial charge in [0.25, 0.3) is 0 Å². The van der Waals surface area contributed by atoms with Crippen LogP contribution in [0.25, 0.3) is 16.6 Å². The molecular weight excluding hydrogens is 308 g/mol. The first kappa shape index (κ1) is 15.5. The maximum absolute atomic E-state index is 4.76. The number of hydrogen-bond acceptors (Lipinski definition) is 3. The number of para-hydroxylation sites is 1. The summed E-state index contributed by atoms with van der Waals surface area (Å²) in [5.41, 5.74) is 4.41. The van der Waals surface area contributed by atoms with Crippen molar-refractivity contribution in [2.75, 3.05) is 0 Å². The van der Waals surface area contributed by atoms with Crippen LogP contribution in [0.5, 0.6) is 0 Å². The van der Waals surface area contributed by atoms with E-state index >= 15 is 0 Å². The summed E-state index contributed by atoms with van der Waals surface area (Å²) in [6.07, 6.45) is 3.73. The van der Waals surface area contributed by atoms with Crippen molar-refractivity contribution in [2.45, 2.75) is 19.5 Å². The molecule has 2 aromatic carbocycles. The number of hydrogen-bond donors (Lipinski definition) is 1. The summed E-state index contributed by atoms with van der Waals surface area (Å²) in [5.74, 6) is 0. The minimum absolute atomic E-state index is 0.190. The molecule has 1 atom stereocenters. The Morgan fingerprint density at radius 3 is 2.60 bits per heavy atom. The Morgan fingerprint density at radius 1 is 0.960 bits per heavy atom. The van der Waals surface area contributed by atoms with Gasteiger partial charge in [0.2, 0.25) is 0 Å². The fourth-order valence-corrected chi connectivity index (χ4v) is 2.89. The van der Waals surface area contributed by atoms with Crippen LogP contribution in [-0.4, -0.2) is 14.8 Å². The van der Waals surface area contributed by atoms with E-state index in [-0.39, 0.29) is 6.04 Å². The van der Waals surface area contributed by atoms with Crippen molar-refractivity contribution in [2.24, 2.45) is 0 Å². The molecular formula is C21H20N4. The van der Waals surface area contributed by atoms with Gasteiger partial charge in [-0.05, 0) is 42.8 Å². The highest BCUT2D eigenvalue weighted by molar-refractivity contribution is 5.78. The van der Waals surface area contributed by atoms with Crippen LogP contribution < -0.4 is 5.32 Å². The van der Waals surface area contributed by atoms with E-state index in [2.05, 4.69) is 65.9 Å². The zero-order valence-corrected chi connectivity index (χ0v) is 14.1. The standard InChI is InChI=1S/C21H20N4/c1-16(20-12-9-18-5-2-3-6-21(18)24-20)22-15-17-7-10-19(11-8-17)25-14-4-13-23-25/h2-14,16,22H,15H2,1H3. The molecule has 0 amide bonds. The third kappa shape index (κ3) is 3.44. The lowest BCUT2D eigenvalue weighted by Crippen LogP contribution is -2.19. The van der Waals surface area contributed by atoms with Crippen LogP contribution in [0.2, 0.25) is 0 Å². The summed E-state index contributed by atoms with van der Waals surface area (Å²) < 4.78 is 1.86. The first-order valence-corrected chi connectivity index (χ1v) is 8.48. The molecule has 4 nitrogen and oxygen atoms in total. The van der Waals surface area contributed by atoms with E-state index < -0.39 is 0 Å². The topological polar surface area (TPSA) is 42.7 Å². The lowest BCUT2D eigenvalue weighted by Gasteiger charge is -2.14. The Kier molecular flexibility index (Phi) is 4.27. The highest BCUT2D eigenvalue weighted by Crippen LogP contribution is 2.17. The number of nitrogens with one attached hydrogen (secondary N) is 1. The molecule has 0 fully saturated rings. The molecule has 0 spiro atoms. The van der Waals surface area contributed by atoms with Gasteiger partial charge in [0.1, 0.15) is 0 Å². The van der Waals surface area contributed by atoms with Gasteiger partial charge < -0.3 is 5.32 Å². The summed E-state index contributed by atoms with van der Waals surface area (Å²) in [7, 11) is 0. The lowest BCUT2D eigenvalue weighted by atomic mass is 10.1. The molecule has 0 bridgehead atoms. The molecule has 0 aliphatic rings. The van der Waals surface area contributed by atoms with Gasteiger partial charge in [0, 0.05) is 30.4 Å². The van der Waals surface area contributed by atoms with Gasteiger partial charge in [-0.15, -0.1) is 0 Å². The zero-order valence-electron chi connectivity index (χ0n) is 14.1. The minimum atomic E-state index is 0.190. The average molecular weight is 328 g/mol. The molecule has 0 saturated carbocycles. The van der Waals surface area contributed by atoms with Crippen molar-refractivity contribution >= 4 is 10.9 Å². The summed E-state index contributed by atoms with van der Waals surface area (Å²) in [6.45, 7) is 2.95. The van der Waals surface area contributed by atoms with E-state index in [1.54, 1.807) is 6.20 Å². The largest absolute Gasteiger partial charge is 0.305 e. The second-order valence-corrected chi connectivity index (χ2v) is 6.15. The van der Waals surface area contributed by atoms with Crippen LogP contribution in [0, 0.1) is 0 Å². The predicted molar refractivity (Wildman–Crippen MR) is 101 cm³/mol.